The molecule has 0 aliphatic carbocycles. The third kappa shape index (κ3) is 39.1. The van der Waals surface area contributed by atoms with Crippen LogP contribution in [-0.2, 0) is 33.2 Å². The van der Waals surface area contributed by atoms with Crippen LogP contribution >= 0.6 is 0 Å². The van der Waals surface area contributed by atoms with Gasteiger partial charge < -0.3 is 89.9 Å². The van der Waals surface area contributed by atoms with Gasteiger partial charge in [-0.15, -0.1) is 0 Å². The molecule has 0 bridgehead atoms. The van der Waals surface area contributed by atoms with Crippen molar-refractivity contribution in [2.75, 3.05) is 26.4 Å². The fourth-order valence-electron chi connectivity index (χ4n) is 12.3. The summed E-state index contributed by atoms with van der Waals surface area (Å²) in [5, 5.41) is 121. The number of carbonyl (C=O) groups is 1. The van der Waals surface area contributed by atoms with Crippen LogP contribution in [0.4, 0.5) is 0 Å². The Balaban J connectivity index is 1.42. The van der Waals surface area contributed by atoms with Crippen LogP contribution < -0.4 is 5.32 Å². The van der Waals surface area contributed by atoms with Crippen LogP contribution in [0.3, 0.4) is 0 Å². The van der Waals surface area contributed by atoms with Gasteiger partial charge >= 0.3 is 0 Å². The highest BCUT2D eigenvalue weighted by Gasteiger charge is 2.53. The van der Waals surface area contributed by atoms with Crippen LogP contribution in [0, 0.1) is 0 Å². The monoisotopic (exact) mass is 1370 g/mol. The van der Waals surface area contributed by atoms with Crippen LogP contribution in [0.25, 0.3) is 0 Å². The zero-order valence-electron chi connectivity index (χ0n) is 59.5. The highest BCUT2D eigenvalue weighted by Crippen LogP contribution is 2.33. The number of carbonyl (C=O) groups excluding carboxylic acids is 1. The Labute approximate surface area is 583 Å². The van der Waals surface area contributed by atoms with Crippen molar-refractivity contribution in [3.8, 4) is 0 Å². The van der Waals surface area contributed by atoms with E-state index in [1.54, 1.807) is 6.08 Å². The largest absolute Gasteiger partial charge is 0.394 e. The molecule has 3 aliphatic heterocycles. The molecule has 1 amide bonds. The summed E-state index contributed by atoms with van der Waals surface area (Å²) in [5.41, 5.74) is 0. The van der Waals surface area contributed by atoms with Gasteiger partial charge in [-0.25, -0.2) is 0 Å². The quantitative estimate of drug-likeness (QED) is 0.0199. The fraction of sp³-hybridized carbons (Fsp3) is 0.782. The number of allylic oxidation sites excluding steroid dienone is 15. The summed E-state index contributed by atoms with van der Waals surface area (Å²) in [7, 11) is 0. The second-order valence-electron chi connectivity index (χ2n) is 26.7. The molecule has 3 aliphatic rings. The van der Waals surface area contributed by atoms with E-state index in [0.29, 0.717) is 6.42 Å². The minimum absolute atomic E-state index is 0.225. The smallest absolute Gasteiger partial charge is 0.220 e. The number of unbranched alkanes of at least 4 members (excludes halogenated alkanes) is 28. The van der Waals surface area contributed by atoms with E-state index in [-0.39, 0.29) is 18.9 Å². The van der Waals surface area contributed by atoms with Crippen molar-refractivity contribution in [2.24, 2.45) is 0 Å². The summed E-state index contributed by atoms with van der Waals surface area (Å²) < 4.78 is 34.4. The van der Waals surface area contributed by atoms with Crippen LogP contribution in [0.2, 0.25) is 0 Å². The Hall–Kier alpha value is -3.29. The molecule has 17 unspecified atom stereocenters. The average molecular weight is 1370 g/mol. The molecular weight excluding hydrogens is 1240 g/mol. The first kappa shape index (κ1) is 87.9. The Morgan fingerprint density at radius 3 is 1.11 bits per heavy atom. The van der Waals surface area contributed by atoms with Crippen molar-refractivity contribution in [3.63, 3.8) is 0 Å². The third-order valence-corrected chi connectivity index (χ3v) is 18.4. The molecule has 3 saturated heterocycles. The van der Waals surface area contributed by atoms with Crippen LogP contribution in [-0.4, -0.2) is 193 Å². The molecule has 19 nitrogen and oxygen atoms in total. The van der Waals surface area contributed by atoms with E-state index in [2.05, 4.69) is 104 Å². The summed E-state index contributed by atoms with van der Waals surface area (Å²) in [5.74, 6) is -0.289. The third-order valence-electron chi connectivity index (χ3n) is 18.4. The van der Waals surface area contributed by atoms with Gasteiger partial charge in [0.2, 0.25) is 5.91 Å². The van der Waals surface area contributed by atoms with Gasteiger partial charge in [0.1, 0.15) is 73.2 Å². The standard InChI is InChI=1S/C78H135NO18/c1-3-5-7-9-11-13-15-17-19-21-23-25-27-28-29-30-31-32-34-36-38-40-42-44-46-48-50-52-54-56-66(84)79-61(62(83)55-53-51-49-47-45-43-41-39-37-35-33-26-24-22-20-18-16-14-12-10-8-6-4-2)60-92-76-72(90)69(87)74(64(58-81)94-76)97-78-73(91)70(88)75(65(59-82)95-78)96-77-71(89)68(86)67(85)63(57-80)93-77/h5,7,11,13,17,19,23,25,28-29,31-32,36,38,53,55,61-65,67-78,80-83,85-91H,3-4,6,8-10,12,14-16,18,20-22,24,26-27,30,33-35,37,39-52,54,56-60H2,1-2H3,(H,79,84)/b7-5-,13-11-,19-17-,25-23-,29-28-,32-31-,38-36-,55-53+. The predicted octanol–water partition coefficient (Wildman–Crippen LogP) is 11.6. The molecule has 17 atom stereocenters. The molecule has 3 heterocycles. The van der Waals surface area contributed by atoms with Crippen molar-refractivity contribution >= 4 is 5.91 Å². The topological polar surface area (TPSA) is 307 Å². The highest BCUT2D eigenvalue weighted by molar-refractivity contribution is 5.76. The van der Waals surface area contributed by atoms with Gasteiger partial charge in [0.25, 0.3) is 0 Å². The van der Waals surface area contributed by atoms with E-state index in [0.717, 1.165) is 116 Å². The number of ether oxygens (including phenoxy) is 6. The first-order valence-corrected chi connectivity index (χ1v) is 38.0. The minimum Gasteiger partial charge on any atom is -0.394 e. The van der Waals surface area contributed by atoms with Crippen molar-refractivity contribution in [3.05, 3.63) is 97.2 Å². The van der Waals surface area contributed by atoms with Gasteiger partial charge in [-0.3, -0.25) is 4.79 Å². The van der Waals surface area contributed by atoms with Gasteiger partial charge in [0.15, 0.2) is 18.9 Å². The lowest BCUT2D eigenvalue weighted by Crippen LogP contribution is -2.66. The van der Waals surface area contributed by atoms with Crippen LogP contribution in [0.1, 0.15) is 258 Å². The maximum Gasteiger partial charge on any atom is 0.220 e. The van der Waals surface area contributed by atoms with Crippen LogP contribution in [0.5, 0.6) is 0 Å². The molecule has 3 rings (SSSR count). The first-order chi connectivity index (χ1) is 47.3. The van der Waals surface area contributed by atoms with E-state index >= 15 is 0 Å². The summed E-state index contributed by atoms with van der Waals surface area (Å²) in [6.45, 7) is 1.63. The van der Waals surface area contributed by atoms with Crippen LogP contribution in [0.15, 0.2) is 97.2 Å². The number of hydrogen-bond donors (Lipinski definition) is 12. The van der Waals surface area contributed by atoms with E-state index in [1.165, 1.54) is 116 Å². The first-order valence-electron chi connectivity index (χ1n) is 38.0. The lowest BCUT2D eigenvalue weighted by molar-refractivity contribution is -0.379. The zero-order chi connectivity index (χ0) is 70.4. The molecule has 0 radical (unpaired) electrons. The Bertz CT molecular complexity index is 2130. The second kappa shape index (κ2) is 58.2. The number of rotatable bonds is 58. The average Bonchev–Trinajstić information content (AvgIpc) is 0.789. The Morgan fingerprint density at radius 2 is 0.711 bits per heavy atom. The molecule has 0 aromatic rings. The van der Waals surface area contributed by atoms with E-state index in [4.69, 9.17) is 28.4 Å². The molecule has 3 fully saturated rings. The lowest BCUT2D eigenvalue weighted by Gasteiger charge is -2.48. The number of hydrogen-bond acceptors (Lipinski definition) is 18. The van der Waals surface area contributed by atoms with E-state index < -0.39 is 124 Å². The predicted molar refractivity (Wildman–Crippen MR) is 383 cm³/mol. The number of amides is 1. The number of aliphatic hydroxyl groups is 11. The minimum atomic E-state index is -1.98. The maximum atomic E-state index is 13.5. The van der Waals surface area contributed by atoms with E-state index in [9.17, 15) is 61.0 Å². The molecule has 0 spiro atoms. The van der Waals surface area contributed by atoms with Crippen molar-refractivity contribution < 1.29 is 89.4 Å². The van der Waals surface area contributed by atoms with Gasteiger partial charge in [0, 0.05) is 6.42 Å². The SMILES string of the molecule is CC/C=C\C/C=C\C/C=C\C/C=C\C/C=C\C/C=C\C/C=C\CCCCCCCCCC(=O)NC(COC1OC(CO)C(OC2OC(CO)C(OC3OC(CO)C(O)C(O)C3O)C(O)C2O)C(O)C1O)C(O)/C=C/CCCCCCCCCCCCCCCCCCCCCCC. The molecule has 12 N–H and O–H groups in total. The maximum absolute atomic E-state index is 13.5. The molecular formula is C78H135NO18. The molecule has 560 valence electrons. The Kier molecular flexibility index (Phi) is 52.8. The molecule has 19 heteroatoms. The molecule has 0 aromatic carbocycles. The summed E-state index contributed by atoms with van der Waals surface area (Å²) in [4.78, 5) is 13.5. The number of nitrogens with one attached hydrogen (secondary N) is 1. The molecule has 97 heavy (non-hydrogen) atoms. The zero-order valence-corrected chi connectivity index (χ0v) is 59.5. The van der Waals surface area contributed by atoms with Crippen molar-refractivity contribution in [1.29, 1.82) is 0 Å². The molecule has 0 aromatic heterocycles. The normalized spacial score (nSPS) is 27.5. The number of aliphatic hydroxyl groups excluding tert-OH is 11. The second-order valence-corrected chi connectivity index (χ2v) is 26.7. The van der Waals surface area contributed by atoms with Gasteiger partial charge in [-0.1, -0.05) is 272 Å². The lowest BCUT2D eigenvalue weighted by atomic mass is 9.96. The van der Waals surface area contributed by atoms with Gasteiger partial charge in [-0.05, 0) is 77.0 Å². The summed E-state index contributed by atoms with van der Waals surface area (Å²) in [6.07, 6.45) is 50.8. The van der Waals surface area contributed by atoms with Crippen molar-refractivity contribution in [1.82, 2.24) is 5.32 Å². The summed E-state index contributed by atoms with van der Waals surface area (Å²) >= 11 is 0. The van der Waals surface area contributed by atoms with E-state index in [1.807, 2.05) is 6.08 Å². The Morgan fingerprint density at radius 1 is 0.381 bits per heavy atom. The van der Waals surface area contributed by atoms with Gasteiger partial charge in [0.05, 0.1) is 38.6 Å². The fourth-order valence-corrected chi connectivity index (χ4v) is 12.3. The summed E-state index contributed by atoms with van der Waals surface area (Å²) in [6, 6.07) is -0.988. The highest BCUT2D eigenvalue weighted by atomic mass is 16.8. The van der Waals surface area contributed by atoms with Crippen molar-refractivity contribution in [2.45, 2.75) is 362 Å². The van der Waals surface area contributed by atoms with Gasteiger partial charge in [-0.2, -0.15) is 0 Å². The molecule has 0 saturated carbocycles.